The molecule has 24 heavy (non-hydrogen) atoms. The standard InChI is InChI=1S/C20H26N2O2/c1-14(2)16-7-5-6-8-17(16)21-12-11-20(23)22-18-13-15(3)9-10-19(18)24-4/h5-10,13-14,21H,11-12H2,1-4H3,(H,22,23). The number of amides is 1. The van der Waals surface area contributed by atoms with Gasteiger partial charge < -0.3 is 15.4 Å². The predicted octanol–water partition coefficient (Wildman–Crippen LogP) is 4.57. The number of para-hydroxylation sites is 1. The lowest BCUT2D eigenvalue weighted by molar-refractivity contribution is -0.116. The molecule has 0 aliphatic rings. The first-order chi connectivity index (χ1) is 11.5. The molecule has 4 heteroatoms. The van der Waals surface area contributed by atoms with Gasteiger partial charge in [-0.05, 0) is 42.2 Å². The summed E-state index contributed by atoms with van der Waals surface area (Å²) < 4.78 is 5.29. The zero-order valence-electron chi connectivity index (χ0n) is 14.8. The summed E-state index contributed by atoms with van der Waals surface area (Å²) in [5, 5.41) is 6.28. The van der Waals surface area contributed by atoms with Gasteiger partial charge in [-0.25, -0.2) is 0 Å². The van der Waals surface area contributed by atoms with Gasteiger partial charge in [0, 0.05) is 18.7 Å². The molecule has 0 spiro atoms. The van der Waals surface area contributed by atoms with Crippen molar-refractivity contribution in [1.82, 2.24) is 0 Å². The minimum atomic E-state index is -0.0339. The number of hydrogen-bond donors (Lipinski definition) is 2. The van der Waals surface area contributed by atoms with Crippen molar-refractivity contribution in [1.29, 1.82) is 0 Å². The van der Waals surface area contributed by atoms with Crippen molar-refractivity contribution < 1.29 is 9.53 Å². The fourth-order valence-electron chi connectivity index (χ4n) is 2.60. The normalized spacial score (nSPS) is 10.5. The maximum Gasteiger partial charge on any atom is 0.226 e. The molecule has 0 bridgehead atoms. The molecular weight excluding hydrogens is 300 g/mol. The second-order valence-electron chi connectivity index (χ2n) is 6.17. The predicted molar refractivity (Wildman–Crippen MR) is 100.0 cm³/mol. The van der Waals surface area contributed by atoms with Crippen LogP contribution < -0.4 is 15.4 Å². The van der Waals surface area contributed by atoms with Crippen LogP contribution >= 0.6 is 0 Å². The maximum absolute atomic E-state index is 12.2. The monoisotopic (exact) mass is 326 g/mol. The number of aryl methyl sites for hydroxylation is 1. The molecule has 0 radical (unpaired) electrons. The summed E-state index contributed by atoms with van der Waals surface area (Å²) in [6.45, 7) is 6.90. The summed E-state index contributed by atoms with van der Waals surface area (Å²) in [5.74, 6) is 1.08. The molecule has 2 N–H and O–H groups in total. The average Bonchev–Trinajstić information content (AvgIpc) is 2.55. The van der Waals surface area contributed by atoms with Gasteiger partial charge >= 0.3 is 0 Å². The largest absolute Gasteiger partial charge is 0.495 e. The number of nitrogens with one attached hydrogen (secondary N) is 2. The molecule has 0 atom stereocenters. The molecule has 4 nitrogen and oxygen atoms in total. The Morgan fingerprint density at radius 1 is 1.12 bits per heavy atom. The zero-order chi connectivity index (χ0) is 17.5. The molecular formula is C20H26N2O2. The number of hydrogen-bond acceptors (Lipinski definition) is 3. The van der Waals surface area contributed by atoms with E-state index in [-0.39, 0.29) is 5.91 Å². The van der Waals surface area contributed by atoms with Gasteiger partial charge in [0.25, 0.3) is 0 Å². The fraction of sp³-hybridized carbons (Fsp3) is 0.350. The Balaban J connectivity index is 1.92. The molecule has 1 amide bonds. The Labute approximate surface area is 144 Å². The molecule has 0 aromatic heterocycles. The molecule has 0 fully saturated rings. The summed E-state index contributed by atoms with van der Waals surface area (Å²) in [4.78, 5) is 12.2. The van der Waals surface area contributed by atoms with E-state index < -0.39 is 0 Å². The van der Waals surface area contributed by atoms with Crippen molar-refractivity contribution in [3.63, 3.8) is 0 Å². The van der Waals surface area contributed by atoms with E-state index >= 15 is 0 Å². The van der Waals surface area contributed by atoms with Crippen molar-refractivity contribution >= 4 is 17.3 Å². The first kappa shape index (κ1) is 17.9. The molecule has 0 heterocycles. The van der Waals surface area contributed by atoms with Gasteiger partial charge in [-0.15, -0.1) is 0 Å². The van der Waals surface area contributed by atoms with Gasteiger partial charge in [0.15, 0.2) is 0 Å². The SMILES string of the molecule is COc1ccc(C)cc1NC(=O)CCNc1ccccc1C(C)C. The van der Waals surface area contributed by atoms with Gasteiger partial charge in [-0.3, -0.25) is 4.79 Å². The second-order valence-corrected chi connectivity index (χ2v) is 6.17. The smallest absolute Gasteiger partial charge is 0.226 e. The van der Waals surface area contributed by atoms with Crippen LogP contribution in [0.15, 0.2) is 42.5 Å². The van der Waals surface area contributed by atoms with Crippen LogP contribution in [0.4, 0.5) is 11.4 Å². The summed E-state index contributed by atoms with van der Waals surface area (Å²) in [7, 11) is 1.60. The summed E-state index contributed by atoms with van der Waals surface area (Å²) >= 11 is 0. The van der Waals surface area contributed by atoms with E-state index in [1.165, 1.54) is 5.56 Å². The molecule has 0 saturated heterocycles. The number of methoxy groups -OCH3 is 1. The van der Waals surface area contributed by atoms with Crippen LogP contribution in [0.1, 0.15) is 37.3 Å². The number of benzene rings is 2. The van der Waals surface area contributed by atoms with Crippen LogP contribution in [-0.4, -0.2) is 19.6 Å². The third-order valence-corrected chi connectivity index (χ3v) is 3.88. The van der Waals surface area contributed by atoms with Crippen LogP contribution in [-0.2, 0) is 4.79 Å². The average molecular weight is 326 g/mol. The Kier molecular flexibility index (Phi) is 6.24. The Hall–Kier alpha value is -2.49. The van der Waals surface area contributed by atoms with Crippen molar-refractivity contribution in [2.75, 3.05) is 24.3 Å². The first-order valence-corrected chi connectivity index (χ1v) is 8.28. The first-order valence-electron chi connectivity index (χ1n) is 8.28. The molecule has 0 aliphatic carbocycles. The van der Waals surface area contributed by atoms with E-state index in [1.807, 2.05) is 37.3 Å². The van der Waals surface area contributed by atoms with Crippen molar-refractivity contribution in [3.8, 4) is 5.75 Å². The highest BCUT2D eigenvalue weighted by Crippen LogP contribution is 2.26. The number of anilines is 2. The van der Waals surface area contributed by atoms with Crippen molar-refractivity contribution in [3.05, 3.63) is 53.6 Å². The summed E-state index contributed by atoms with van der Waals surface area (Å²) in [6.07, 6.45) is 0.392. The van der Waals surface area contributed by atoms with Crippen LogP contribution in [0.2, 0.25) is 0 Å². The Bertz CT molecular complexity index is 696. The third-order valence-electron chi connectivity index (χ3n) is 3.88. The summed E-state index contributed by atoms with van der Waals surface area (Å²) in [5.41, 5.74) is 4.15. The van der Waals surface area contributed by atoms with E-state index in [0.717, 1.165) is 11.3 Å². The minimum Gasteiger partial charge on any atom is -0.495 e. The van der Waals surface area contributed by atoms with Crippen LogP contribution in [0.3, 0.4) is 0 Å². The molecule has 128 valence electrons. The third kappa shape index (κ3) is 4.75. The van der Waals surface area contributed by atoms with E-state index in [1.54, 1.807) is 7.11 Å². The van der Waals surface area contributed by atoms with Crippen molar-refractivity contribution in [2.24, 2.45) is 0 Å². The maximum atomic E-state index is 12.2. The topological polar surface area (TPSA) is 50.4 Å². The van der Waals surface area contributed by atoms with E-state index in [0.29, 0.717) is 30.3 Å². The molecule has 2 rings (SSSR count). The summed E-state index contributed by atoms with van der Waals surface area (Å²) in [6, 6.07) is 13.9. The highest BCUT2D eigenvalue weighted by atomic mass is 16.5. The number of carbonyl (C=O) groups excluding carboxylic acids is 1. The van der Waals surface area contributed by atoms with Gasteiger partial charge in [0.05, 0.1) is 12.8 Å². The molecule has 2 aromatic carbocycles. The van der Waals surface area contributed by atoms with Crippen molar-refractivity contribution in [2.45, 2.75) is 33.1 Å². The highest BCUT2D eigenvalue weighted by molar-refractivity contribution is 5.92. The number of rotatable bonds is 7. The van der Waals surface area contributed by atoms with Gasteiger partial charge in [0.1, 0.15) is 5.75 Å². The Morgan fingerprint density at radius 3 is 2.58 bits per heavy atom. The Morgan fingerprint density at radius 2 is 1.88 bits per heavy atom. The van der Waals surface area contributed by atoms with Gasteiger partial charge in [-0.1, -0.05) is 38.1 Å². The van der Waals surface area contributed by atoms with Gasteiger partial charge in [-0.2, -0.15) is 0 Å². The van der Waals surface area contributed by atoms with E-state index in [9.17, 15) is 4.79 Å². The number of ether oxygens (including phenoxy) is 1. The fourth-order valence-corrected chi connectivity index (χ4v) is 2.60. The van der Waals surface area contributed by atoms with E-state index in [4.69, 9.17) is 4.74 Å². The van der Waals surface area contributed by atoms with Gasteiger partial charge in [0.2, 0.25) is 5.91 Å². The molecule has 0 unspecified atom stereocenters. The highest BCUT2D eigenvalue weighted by Gasteiger charge is 2.09. The second kappa shape index (κ2) is 8.39. The molecule has 0 saturated carbocycles. The van der Waals surface area contributed by atoms with E-state index in [2.05, 4.69) is 36.6 Å². The molecule has 2 aromatic rings. The lowest BCUT2D eigenvalue weighted by Gasteiger charge is -2.15. The lowest BCUT2D eigenvalue weighted by atomic mass is 10.0. The zero-order valence-corrected chi connectivity index (χ0v) is 14.8. The number of carbonyl (C=O) groups is 1. The van der Waals surface area contributed by atoms with Crippen LogP contribution in [0.5, 0.6) is 5.75 Å². The minimum absolute atomic E-state index is 0.0339. The quantitative estimate of drug-likeness (QED) is 0.784. The van der Waals surface area contributed by atoms with Crippen LogP contribution in [0.25, 0.3) is 0 Å². The molecule has 0 aliphatic heterocycles. The lowest BCUT2D eigenvalue weighted by Crippen LogP contribution is -2.17. The van der Waals surface area contributed by atoms with Crippen LogP contribution in [0, 0.1) is 6.92 Å².